The van der Waals surface area contributed by atoms with Crippen molar-refractivity contribution >= 4 is 11.5 Å². The summed E-state index contributed by atoms with van der Waals surface area (Å²) < 4.78 is 1.93. The van der Waals surface area contributed by atoms with Crippen LogP contribution in [0, 0.1) is 0 Å². The molecular formula is C16H16N6O2. The molecule has 2 N–H and O–H groups in total. The normalized spacial score (nSPS) is 11.6. The molecule has 0 aliphatic carbocycles. The van der Waals surface area contributed by atoms with E-state index in [-0.39, 0.29) is 11.6 Å². The molecule has 8 heteroatoms. The summed E-state index contributed by atoms with van der Waals surface area (Å²) in [7, 11) is 0. The Morgan fingerprint density at radius 3 is 2.92 bits per heavy atom. The van der Waals surface area contributed by atoms with Crippen molar-refractivity contribution in [3.05, 3.63) is 65.5 Å². The Morgan fingerprint density at radius 1 is 1.38 bits per heavy atom. The minimum absolute atomic E-state index is 0.0903. The first-order valence-corrected chi connectivity index (χ1v) is 7.44. The number of aliphatic hydroxyl groups excluding tert-OH is 1. The summed E-state index contributed by atoms with van der Waals surface area (Å²) in [6.07, 6.45) is 7.29. The van der Waals surface area contributed by atoms with Gasteiger partial charge in [-0.15, -0.1) is 10.2 Å². The first-order valence-electron chi connectivity index (χ1n) is 7.44. The molecule has 0 aromatic carbocycles. The summed E-state index contributed by atoms with van der Waals surface area (Å²) in [5.41, 5.74) is 2.44. The number of carbonyl (C=O) groups excluding carboxylic acids is 1. The maximum Gasteiger partial charge on any atom is 0.244 e. The van der Waals surface area contributed by atoms with E-state index < -0.39 is 5.78 Å². The highest BCUT2D eigenvalue weighted by Gasteiger charge is 2.14. The number of aromatic amines is 1. The van der Waals surface area contributed by atoms with Gasteiger partial charge >= 0.3 is 0 Å². The molecule has 3 aromatic heterocycles. The van der Waals surface area contributed by atoms with E-state index in [1.165, 1.54) is 0 Å². The number of aromatic nitrogens is 6. The van der Waals surface area contributed by atoms with Crippen LogP contribution in [0.4, 0.5) is 0 Å². The highest BCUT2D eigenvalue weighted by molar-refractivity contribution is 6.05. The van der Waals surface area contributed by atoms with Gasteiger partial charge in [-0.1, -0.05) is 13.0 Å². The van der Waals surface area contributed by atoms with Crippen LogP contribution in [-0.4, -0.2) is 41.1 Å². The lowest BCUT2D eigenvalue weighted by molar-refractivity contribution is 0.103. The number of allylic oxidation sites excluding steroid dienone is 1. The Bertz CT molecular complexity index is 852. The van der Waals surface area contributed by atoms with Crippen molar-refractivity contribution in [3.63, 3.8) is 0 Å². The number of rotatable bonds is 6. The predicted molar refractivity (Wildman–Crippen MR) is 86.3 cm³/mol. The minimum Gasteiger partial charge on any atom is -0.507 e. The Kier molecular flexibility index (Phi) is 4.46. The first kappa shape index (κ1) is 15.6. The number of H-pyrrole nitrogens is 1. The van der Waals surface area contributed by atoms with Crippen molar-refractivity contribution in [1.29, 1.82) is 0 Å². The summed E-state index contributed by atoms with van der Waals surface area (Å²) in [5.74, 6) is -0.727. The molecule has 3 rings (SSSR count). The van der Waals surface area contributed by atoms with E-state index in [1.807, 2.05) is 35.9 Å². The van der Waals surface area contributed by atoms with Crippen molar-refractivity contribution in [3.8, 4) is 0 Å². The number of aryl methyl sites for hydroxylation is 1. The Hall–Kier alpha value is -3.29. The third-order valence-electron chi connectivity index (χ3n) is 3.52. The molecule has 122 valence electrons. The fourth-order valence-corrected chi connectivity index (χ4v) is 2.37. The first-order chi connectivity index (χ1) is 11.7. The highest BCUT2D eigenvalue weighted by Crippen LogP contribution is 2.20. The number of aliphatic hydroxyl groups is 1. The summed E-state index contributed by atoms with van der Waals surface area (Å²) >= 11 is 0. The summed E-state index contributed by atoms with van der Waals surface area (Å²) in [6.45, 7) is 2.57. The van der Waals surface area contributed by atoms with Gasteiger partial charge in [-0.25, -0.2) is 0 Å². The molecule has 0 unspecified atom stereocenters. The molecule has 0 amide bonds. The third kappa shape index (κ3) is 3.37. The van der Waals surface area contributed by atoms with Gasteiger partial charge < -0.3 is 9.67 Å². The lowest BCUT2D eigenvalue weighted by Gasteiger charge is -2.01. The Labute approximate surface area is 137 Å². The van der Waals surface area contributed by atoms with E-state index in [4.69, 9.17) is 0 Å². The molecule has 0 spiro atoms. The second-order valence-corrected chi connectivity index (χ2v) is 5.17. The van der Waals surface area contributed by atoms with E-state index in [0.717, 1.165) is 23.8 Å². The van der Waals surface area contributed by atoms with Gasteiger partial charge in [0.2, 0.25) is 11.6 Å². The molecular weight excluding hydrogens is 308 g/mol. The van der Waals surface area contributed by atoms with E-state index in [2.05, 4.69) is 25.6 Å². The van der Waals surface area contributed by atoms with E-state index in [9.17, 15) is 9.90 Å². The van der Waals surface area contributed by atoms with Crippen molar-refractivity contribution < 1.29 is 9.90 Å². The molecule has 8 nitrogen and oxygen atoms in total. The number of hydrogen-bond donors (Lipinski definition) is 2. The van der Waals surface area contributed by atoms with Crippen molar-refractivity contribution in [1.82, 2.24) is 30.2 Å². The number of nitrogens with one attached hydrogen (secondary N) is 1. The molecule has 0 radical (unpaired) electrons. The fraction of sp³-hybridized carbons (Fsp3) is 0.188. The van der Waals surface area contributed by atoms with Crippen LogP contribution in [0.3, 0.4) is 0 Å². The SMILES string of the molecule is CCc1cn(Cc2ccccn2)cc1C(O)=CC(=O)c1nn[nH]n1. The molecule has 0 atom stereocenters. The molecule has 24 heavy (non-hydrogen) atoms. The molecule has 0 saturated carbocycles. The number of nitrogens with zero attached hydrogens (tertiary/aromatic N) is 5. The molecule has 3 aromatic rings. The summed E-state index contributed by atoms with van der Waals surface area (Å²) in [5, 5.41) is 23.0. The van der Waals surface area contributed by atoms with Gasteiger partial charge in [0, 0.05) is 30.2 Å². The lowest BCUT2D eigenvalue weighted by atomic mass is 10.1. The molecule has 0 bridgehead atoms. The van der Waals surface area contributed by atoms with E-state index >= 15 is 0 Å². The highest BCUT2D eigenvalue weighted by atomic mass is 16.3. The maximum absolute atomic E-state index is 11.9. The minimum atomic E-state index is -0.513. The van der Waals surface area contributed by atoms with Gasteiger partial charge in [-0.2, -0.15) is 5.21 Å². The second kappa shape index (κ2) is 6.86. The molecule has 0 aliphatic heterocycles. The summed E-state index contributed by atoms with van der Waals surface area (Å²) in [6, 6.07) is 5.72. The fourth-order valence-electron chi connectivity index (χ4n) is 2.37. The van der Waals surface area contributed by atoms with E-state index in [0.29, 0.717) is 12.1 Å². The van der Waals surface area contributed by atoms with Gasteiger partial charge in [0.25, 0.3) is 0 Å². The largest absolute Gasteiger partial charge is 0.507 e. The van der Waals surface area contributed by atoms with Gasteiger partial charge in [0.05, 0.1) is 12.2 Å². The topological polar surface area (TPSA) is 110 Å². The second-order valence-electron chi connectivity index (χ2n) is 5.17. The van der Waals surface area contributed by atoms with Crippen molar-refractivity contribution in [2.75, 3.05) is 0 Å². The zero-order valence-electron chi connectivity index (χ0n) is 13.0. The summed E-state index contributed by atoms with van der Waals surface area (Å²) in [4.78, 5) is 16.2. The molecule has 0 saturated heterocycles. The average Bonchev–Trinajstić information content (AvgIpc) is 3.25. The monoisotopic (exact) mass is 324 g/mol. The zero-order valence-corrected chi connectivity index (χ0v) is 13.0. The van der Waals surface area contributed by atoms with Crippen LogP contribution in [0.1, 0.15) is 34.4 Å². The van der Waals surface area contributed by atoms with Gasteiger partial charge in [0.1, 0.15) is 5.76 Å². The molecule has 3 heterocycles. The van der Waals surface area contributed by atoms with Crippen LogP contribution >= 0.6 is 0 Å². The lowest BCUT2D eigenvalue weighted by Crippen LogP contribution is -2.00. The maximum atomic E-state index is 11.9. The number of tetrazole rings is 1. The Balaban J connectivity index is 1.85. The number of carbonyl (C=O) groups is 1. The zero-order chi connectivity index (χ0) is 16.9. The van der Waals surface area contributed by atoms with Gasteiger partial charge in [-0.3, -0.25) is 9.78 Å². The average molecular weight is 324 g/mol. The number of hydrogen-bond acceptors (Lipinski definition) is 6. The van der Waals surface area contributed by atoms with Crippen molar-refractivity contribution in [2.24, 2.45) is 0 Å². The Morgan fingerprint density at radius 2 is 2.25 bits per heavy atom. The van der Waals surface area contributed by atoms with Crippen LogP contribution in [0.2, 0.25) is 0 Å². The van der Waals surface area contributed by atoms with E-state index in [1.54, 1.807) is 12.4 Å². The standard InChI is InChI=1S/C16H16N6O2/c1-2-11-8-22(9-12-5-3-4-6-17-12)10-13(11)14(23)7-15(24)16-18-20-21-19-16/h3-8,10,23H,2,9H2,1H3,(H,18,19,20,21). The number of ketones is 1. The third-order valence-corrected chi connectivity index (χ3v) is 3.52. The predicted octanol–water partition coefficient (Wildman–Crippen LogP) is 1.79. The molecule has 0 aliphatic rings. The smallest absolute Gasteiger partial charge is 0.244 e. The van der Waals surface area contributed by atoms with Crippen molar-refractivity contribution in [2.45, 2.75) is 19.9 Å². The van der Waals surface area contributed by atoms with Crippen LogP contribution < -0.4 is 0 Å². The van der Waals surface area contributed by atoms with Gasteiger partial charge in [-0.05, 0) is 29.3 Å². The van der Waals surface area contributed by atoms with Crippen LogP contribution in [0.5, 0.6) is 0 Å². The molecule has 0 fully saturated rings. The van der Waals surface area contributed by atoms with Gasteiger partial charge in [0.15, 0.2) is 0 Å². The van der Waals surface area contributed by atoms with Crippen LogP contribution in [0.25, 0.3) is 5.76 Å². The number of pyridine rings is 1. The quantitative estimate of drug-likeness (QED) is 0.406. The van der Waals surface area contributed by atoms with Crippen LogP contribution in [0.15, 0.2) is 42.9 Å². The van der Waals surface area contributed by atoms with Crippen LogP contribution in [-0.2, 0) is 13.0 Å².